The van der Waals surface area contributed by atoms with Gasteiger partial charge < -0.3 is 15.3 Å². The number of aliphatic hydroxyl groups is 1. The van der Waals surface area contributed by atoms with Crippen molar-refractivity contribution in [1.29, 1.82) is 0 Å². The highest BCUT2D eigenvalue weighted by Gasteiger charge is 2.26. The van der Waals surface area contributed by atoms with Gasteiger partial charge in [-0.2, -0.15) is 0 Å². The Morgan fingerprint density at radius 3 is 2.56 bits per heavy atom. The van der Waals surface area contributed by atoms with Gasteiger partial charge in [-0.25, -0.2) is 0 Å². The Morgan fingerprint density at radius 1 is 1.32 bits per heavy atom. The molecule has 2 N–H and O–H groups in total. The van der Waals surface area contributed by atoms with Gasteiger partial charge in [-0.1, -0.05) is 37.8 Å². The number of carbonyl (C=O) groups excluding carboxylic acids is 2. The minimum absolute atomic E-state index is 0.123. The number of rotatable bonds is 7. The van der Waals surface area contributed by atoms with Crippen molar-refractivity contribution in [3.8, 4) is 0 Å². The number of amides is 2. The van der Waals surface area contributed by atoms with Crippen molar-refractivity contribution in [3.05, 3.63) is 48.0 Å². The van der Waals surface area contributed by atoms with Crippen molar-refractivity contribution < 1.29 is 14.7 Å². The fourth-order valence-corrected chi connectivity index (χ4v) is 3.30. The summed E-state index contributed by atoms with van der Waals surface area (Å²) in [6.07, 6.45) is 3.49. The van der Waals surface area contributed by atoms with Crippen LogP contribution in [0.25, 0.3) is 0 Å². The minimum atomic E-state index is -0.221. The third-order valence-corrected chi connectivity index (χ3v) is 5.08. The van der Waals surface area contributed by atoms with E-state index < -0.39 is 0 Å². The predicted molar refractivity (Wildman–Crippen MR) is 97.7 cm³/mol. The van der Waals surface area contributed by atoms with Gasteiger partial charge in [0, 0.05) is 26.2 Å². The molecule has 0 aromatic heterocycles. The first-order valence-electron chi connectivity index (χ1n) is 8.90. The topological polar surface area (TPSA) is 69.6 Å². The molecule has 1 saturated heterocycles. The van der Waals surface area contributed by atoms with E-state index in [0.717, 1.165) is 37.1 Å². The molecule has 0 spiro atoms. The van der Waals surface area contributed by atoms with Gasteiger partial charge in [0.1, 0.15) is 0 Å². The van der Waals surface area contributed by atoms with Crippen molar-refractivity contribution in [1.82, 2.24) is 10.2 Å². The Hall–Kier alpha value is -2.14. The van der Waals surface area contributed by atoms with Crippen molar-refractivity contribution in [2.24, 2.45) is 11.8 Å². The molecule has 1 atom stereocenters. The third kappa shape index (κ3) is 5.43. The van der Waals surface area contributed by atoms with Gasteiger partial charge in [0.15, 0.2) is 0 Å². The first-order valence-corrected chi connectivity index (χ1v) is 8.90. The lowest BCUT2D eigenvalue weighted by Gasteiger charge is -2.34. The molecule has 0 saturated carbocycles. The molecule has 2 rings (SSSR count). The van der Waals surface area contributed by atoms with E-state index in [0.29, 0.717) is 24.8 Å². The number of nitrogens with zero attached hydrogens (tertiary/aromatic N) is 1. The first kappa shape index (κ1) is 19.2. The first-order chi connectivity index (χ1) is 12.0. The lowest BCUT2D eigenvalue weighted by molar-refractivity contribution is -0.132. The van der Waals surface area contributed by atoms with E-state index >= 15 is 0 Å². The number of hydrogen-bond acceptors (Lipinski definition) is 3. The minimum Gasteiger partial charge on any atom is -0.396 e. The zero-order chi connectivity index (χ0) is 18.2. The quantitative estimate of drug-likeness (QED) is 0.742. The standard InChI is InChI=1S/C20H28N2O3/c1-3-19(24)21-13-18-7-5-4-6-17(18)12-20(25)22-10-8-16(9-11-22)15(2)14-23/h3-7,15-16,23H,1,8-14H2,2H3,(H,21,24). The summed E-state index contributed by atoms with van der Waals surface area (Å²) in [5.41, 5.74) is 1.90. The summed E-state index contributed by atoms with van der Waals surface area (Å²) in [4.78, 5) is 25.9. The summed E-state index contributed by atoms with van der Waals surface area (Å²) in [6.45, 7) is 7.62. The summed E-state index contributed by atoms with van der Waals surface area (Å²) in [5, 5.41) is 12.0. The third-order valence-electron chi connectivity index (χ3n) is 5.08. The second kappa shape index (κ2) is 9.37. The molecule has 1 fully saturated rings. The van der Waals surface area contributed by atoms with Crippen LogP contribution in [0.3, 0.4) is 0 Å². The molecule has 1 aliphatic heterocycles. The SMILES string of the molecule is C=CC(=O)NCc1ccccc1CC(=O)N1CCC(C(C)CO)CC1. The van der Waals surface area contributed by atoms with Gasteiger partial charge in [0.2, 0.25) is 11.8 Å². The molecular formula is C20H28N2O3. The number of benzene rings is 1. The smallest absolute Gasteiger partial charge is 0.243 e. The van der Waals surface area contributed by atoms with Crippen molar-refractivity contribution in [2.75, 3.05) is 19.7 Å². The van der Waals surface area contributed by atoms with Crippen LogP contribution in [0.4, 0.5) is 0 Å². The van der Waals surface area contributed by atoms with Gasteiger partial charge in [-0.3, -0.25) is 9.59 Å². The molecule has 1 heterocycles. The average molecular weight is 344 g/mol. The summed E-state index contributed by atoms with van der Waals surface area (Å²) in [6, 6.07) is 7.69. The van der Waals surface area contributed by atoms with Crippen LogP contribution in [0.1, 0.15) is 30.9 Å². The molecule has 1 aromatic carbocycles. The Labute approximate surface area is 149 Å². The zero-order valence-electron chi connectivity index (χ0n) is 14.9. The normalized spacial score (nSPS) is 16.3. The summed E-state index contributed by atoms with van der Waals surface area (Å²) in [5.74, 6) is 0.695. The molecular weight excluding hydrogens is 316 g/mol. The van der Waals surface area contributed by atoms with Crippen LogP contribution in [-0.4, -0.2) is 41.5 Å². The molecule has 0 radical (unpaired) electrons. The second-order valence-corrected chi connectivity index (χ2v) is 6.75. The number of piperidine rings is 1. The highest BCUT2D eigenvalue weighted by atomic mass is 16.3. The molecule has 1 aliphatic rings. The molecule has 1 aromatic rings. The van der Waals surface area contributed by atoms with Crippen LogP contribution in [-0.2, 0) is 22.6 Å². The molecule has 25 heavy (non-hydrogen) atoms. The molecule has 5 nitrogen and oxygen atoms in total. The van der Waals surface area contributed by atoms with Crippen LogP contribution >= 0.6 is 0 Å². The van der Waals surface area contributed by atoms with Gasteiger partial charge in [-0.05, 0) is 41.9 Å². The maximum absolute atomic E-state index is 12.6. The summed E-state index contributed by atoms with van der Waals surface area (Å²) < 4.78 is 0. The number of hydrogen-bond donors (Lipinski definition) is 2. The molecule has 136 valence electrons. The van der Waals surface area contributed by atoms with Gasteiger partial charge >= 0.3 is 0 Å². The molecule has 1 unspecified atom stereocenters. The summed E-state index contributed by atoms with van der Waals surface area (Å²) >= 11 is 0. The average Bonchev–Trinajstić information content (AvgIpc) is 2.66. The number of aliphatic hydroxyl groups excluding tert-OH is 1. The van der Waals surface area contributed by atoms with Crippen LogP contribution in [0, 0.1) is 11.8 Å². The molecule has 5 heteroatoms. The van der Waals surface area contributed by atoms with E-state index in [2.05, 4.69) is 18.8 Å². The van der Waals surface area contributed by atoms with E-state index in [1.54, 1.807) is 0 Å². The van der Waals surface area contributed by atoms with Gasteiger partial charge in [-0.15, -0.1) is 0 Å². The maximum Gasteiger partial charge on any atom is 0.243 e. The monoisotopic (exact) mass is 344 g/mol. The number of nitrogens with one attached hydrogen (secondary N) is 1. The van der Waals surface area contributed by atoms with Crippen molar-refractivity contribution in [2.45, 2.75) is 32.7 Å². The van der Waals surface area contributed by atoms with E-state index in [-0.39, 0.29) is 18.4 Å². The van der Waals surface area contributed by atoms with E-state index in [4.69, 9.17) is 0 Å². The number of likely N-dealkylation sites (tertiary alicyclic amines) is 1. The lowest BCUT2D eigenvalue weighted by atomic mass is 9.86. The molecule has 2 amide bonds. The summed E-state index contributed by atoms with van der Waals surface area (Å²) in [7, 11) is 0. The lowest BCUT2D eigenvalue weighted by Crippen LogP contribution is -2.41. The van der Waals surface area contributed by atoms with Crippen LogP contribution < -0.4 is 5.32 Å². The van der Waals surface area contributed by atoms with Gasteiger partial charge in [0.05, 0.1) is 6.42 Å². The van der Waals surface area contributed by atoms with Crippen molar-refractivity contribution >= 4 is 11.8 Å². The largest absolute Gasteiger partial charge is 0.396 e. The zero-order valence-corrected chi connectivity index (χ0v) is 14.9. The van der Waals surface area contributed by atoms with E-state index in [1.165, 1.54) is 6.08 Å². The Morgan fingerprint density at radius 2 is 1.96 bits per heavy atom. The highest BCUT2D eigenvalue weighted by Crippen LogP contribution is 2.25. The predicted octanol–water partition coefficient (Wildman–Crippen LogP) is 1.90. The van der Waals surface area contributed by atoms with Gasteiger partial charge in [0.25, 0.3) is 0 Å². The van der Waals surface area contributed by atoms with Crippen molar-refractivity contribution in [3.63, 3.8) is 0 Å². The maximum atomic E-state index is 12.6. The fourth-order valence-electron chi connectivity index (χ4n) is 3.30. The molecule has 0 aliphatic carbocycles. The fraction of sp³-hybridized carbons (Fsp3) is 0.500. The van der Waals surface area contributed by atoms with Crippen LogP contribution in [0.5, 0.6) is 0 Å². The van der Waals surface area contributed by atoms with E-state index in [9.17, 15) is 14.7 Å². The van der Waals surface area contributed by atoms with E-state index in [1.807, 2.05) is 29.2 Å². The Bertz CT molecular complexity index is 607. The molecule has 0 bridgehead atoms. The Balaban J connectivity index is 1.93. The van der Waals surface area contributed by atoms with Crippen LogP contribution in [0.2, 0.25) is 0 Å². The van der Waals surface area contributed by atoms with Crippen LogP contribution in [0.15, 0.2) is 36.9 Å². The second-order valence-electron chi connectivity index (χ2n) is 6.75. The number of carbonyl (C=O) groups is 2. The highest BCUT2D eigenvalue weighted by molar-refractivity contribution is 5.86. The Kier molecular flexibility index (Phi) is 7.19.